The topological polar surface area (TPSA) is 177 Å². The summed E-state index contributed by atoms with van der Waals surface area (Å²) in [6.07, 6.45) is 3.02. The Bertz CT molecular complexity index is 1360. The molecular weight excluding hydrogens is 452 g/mol. The van der Waals surface area contributed by atoms with Crippen LogP contribution in [0.15, 0.2) is 59.7 Å². The van der Waals surface area contributed by atoms with Crippen LogP contribution >= 0.6 is 0 Å². The van der Waals surface area contributed by atoms with Crippen LogP contribution in [0.2, 0.25) is 0 Å². The average Bonchev–Trinajstić information content (AvgIpc) is 3.28. The van der Waals surface area contributed by atoms with E-state index in [1.165, 1.54) is 26.6 Å². The maximum Gasteiger partial charge on any atom is 0.350 e. The lowest BCUT2D eigenvalue weighted by Gasteiger charge is -2.21. The van der Waals surface area contributed by atoms with Crippen molar-refractivity contribution in [2.75, 3.05) is 19.5 Å². The zero-order valence-electron chi connectivity index (χ0n) is 19.0. The number of aliphatic hydroxyl groups excluding tert-OH is 1. The quantitative estimate of drug-likeness (QED) is 0.176. The van der Waals surface area contributed by atoms with Crippen LogP contribution in [0.4, 0.5) is 5.69 Å². The molecule has 0 aliphatic heterocycles. The number of amidine groups is 1. The average molecular weight is 476 g/mol. The van der Waals surface area contributed by atoms with Crippen molar-refractivity contribution in [2.24, 2.45) is 5.73 Å². The van der Waals surface area contributed by atoms with E-state index in [4.69, 9.17) is 20.6 Å². The second-order valence-electron chi connectivity index (χ2n) is 7.42. The summed E-state index contributed by atoms with van der Waals surface area (Å²) in [5, 5.41) is 25.3. The Morgan fingerprint density at radius 1 is 1.20 bits per heavy atom. The van der Waals surface area contributed by atoms with Gasteiger partial charge in [-0.3, -0.25) is 10.4 Å². The SMILES string of the molecule is COc1cc(C(Nc2ccc(C(=N)N)cc2)c2nn(-c3ncccn3)c(=O)[nH]2)cc(CO)c1OC. The highest BCUT2D eigenvalue weighted by atomic mass is 16.5. The van der Waals surface area contributed by atoms with E-state index < -0.39 is 11.7 Å². The molecule has 6 N–H and O–H groups in total. The van der Waals surface area contributed by atoms with Gasteiger partial charge in [0, 0.05) is 29.2 Å². The molecule has 4 aromatic rings. The smallest absolute Gasteiger partial charge is 0.350 e. The van der Waals surface area contributed by atoms with Gasteiger partial charge in [-0.15, -0.1) is 9.78 Å². The van der Waals surface area contributed by atoms with Gasteiger partial charge in [0.1, 0.15) is 11.9 Å². The third-order valence-corrected chi connectivity index (χ3v) is 5.24. The summed E-state index contributed by atoms with van der Waals surface area (Å²) in [6.45, 7) is -0.295. The Morgan fingerprint density at radius 2 is 1.91 bits per heavy atom. The summed E-state index contributed by atoms with van der Waals surface area (Å²) in [4.78, 5) is 23.7. The molecule has 2 aromatic carbocycles. The molecule has 12 heteroatoms. The predicted molar refractivity (Wildman–Crippen MR) is 128 cm³/mol. The minimum absolute atomic E-state index is 0.0495. The van der Waals surface area contributed by atoms with Crippen molar-refractivity contribution < 1.29 is 14.6 Å². The number of rotatable bonds is 9. The molecule has 0 spiro atoms. The lowest BCUT2D eigenvalue weighted by molar-refractivity contribution is 0.269. The molecule has 0 saturated carbocycles. The lowest BCUT2D eigenvalue weighted by Crippen LogP contribution is -2.18. The number of nitrogens with zero attached hydrogens (tertiary/aromatic N) is 4. The first-order valence-corrected chi connectivity index (χ1v) is 10.5. The van der Waals surface area contributed by atoms with E-state index in [2.05, 4.69) is 25.4 Å². The molecule has 2 heterocycles. The van der Waals surface area contributed by atoms with Gasteiger partial charge in [-0.05, 0) is 48.0 Å². The highest BCUT2D eigenvalue weighted by Crippen LogP contribution is 2.36. The molecule has 0 aliphatic carbocycles. The minimum Gasteiger partial charge on any atom is -0.493 e. The fourth-order valence-electron chi connectivity index (χ4n) is 3.58. The van der Waals surface area contributed by atoms with Gasteiger partial charge in [-0.2, -0.15) is 0 Å². The molecule has 0 saturated heterocycles. The van der Waals surface area contributed by atoms with E-state index in [-0.39, 0.29) is 24.2 Å². The monoisotopic (exact) mass is 476 g/mol. The number of anilines is 1. The molecular formula is C23H24N8O4. The normalized spacial score (nSPS) is 11.6. The molecule has 180 valence electrons. The zero-order chi connectivity index (χ0) is 24.9. The number of hydrogen-bond donors (Lipinski definition) is 5. The highest BCUT2D eigenvalue weighted by molar-refractivity contribution is 5.95. The molecule has 0 fully saturated rings. The number of benzene rings is 2. The molecule has 0 amide bonds. The second kappa shape index (κ2) is 10.1. The summed E-state index contributed by atoms with van der Waals surface area (Å²) in [7, 11) is 2.98. The first kappa shape index (κ1) is 23.4. The van der Waals surface area contributed by atoms with Gasteiger partial charge in [0.05, 0.1) is 20.8 Å². The highest BCUT2D eigenvalue weighted by Gasteiger charge is 2.24. The first-order valence-electron chi connectivity index (χ1n) is 10.5. The van der Waals surface area contributed by atoms with Crippen molar-refractivity contribution >= 4 is 11.5 Å². The Labute approximate surface area is 199 Å². The van der Waals surface area contributed by atoms with E-state index in [1.807, 2.05) is 0 Å². The van der Waals surface area contributed by atoms with Crippen LogP contribution in [0.3, 0.4) is 0 Å². The molecule has 4 rings (SSSR count). The molecule has 1 atom stereocenters. The molecule has 0 bridgehead atoms. The van der Waals surface area contributed by atoms with E-state index in [9.17, 15) is 9.90 Å². The van der Waals surface area contributed by atoms with Gasteiger partial charge in [0.15, 0.2) is 17.3 Å². The van der Waals surface area contributed by atoms with Gasteiger partial charge in [-0.1, -0.05) is 0 Å². The van der Waals surface area contributed by atoms with Crippen molar-refractivity contribution in [1.29, 1.82) is 5.41 Å². The van der Waals surface area contributed by atoms with Gasteiger partial charge < -0.3 is 25.6 Å². The van der Waals surface area contributed by atoms with Crippen molar-refractivity contribution in [3.8, 4) is 17.4 Å². The maximum absolute atomic E-state index is 12.7. The lowest BCUT2D eigenvalue weighted by atomic mass is 10.0. The minimum atomic E-state index is -0.680. The number of H-pyrrole nitrogens is 1. The Balaban J connectivity index is 1.83. The standard InChI is InChI=1S/C23H24N8O4/c1-34-17-11-14(10-15(12-32)19(17)35-2)18(28-16-6-4-13(5-7-16)20(24)25)21-29-23(33)31(30-21)22-26-8-3-9-27-22/h3-11,18,28,32H,12H2,1-2H3,(H3,24,25)(H,29,30,33). The Kier molecular flexibility index (Phi) is 6.73. The summed E-state index contributed by atoms with van der Waals surface area (Å²) >= 11 is 0. The number of hydrogen-bond acceptors (Lipinski definition) is 9. The molecule has 0 radical (unpaired) electrons. The van der Waals surface area contributed by atoms with Crippen LogP contribution < -0.4 is 26.2 Å². The molecule has 2 aromatic heterocycles. The van der Waals surface area contributed by atoms with Gasteiger partial charge in [0.2, 0.25) is 0 Å². The predicted octanol–water partition coefficient (Wildman–Crippen LogP) is 1.35. The number of nitrogen functional groups attached to an aromatic ring is 1. The van der Waals surface area contributed by atoms with Gasteiger partial charge >= 0.3 is 5.69 Å². The third-order valence-electron chi connectivity index (χ3n) is 5.24. The van der Waals surface area contributed by atoms with Gasteiger partial charge in [-0.25, -0.2) is 14.8 Å². The number of aromatic nitrogens is 5. The fraction of sp³-hybridized carbons (Fsp3) is 0.174. The van der Waals surface area contributed by atoms with Crippen LogP contribution in [-0.4, -0.2) is 49.9 Å². The van der Waals surface area contributed by atoms with Crippen molar-refractivity contribution in [3.63, 3.8) is 0 Å². The van der Waals surface area contributed by atoms with Crippen LogP contribution in [0, 0.1) is 5.41 Å². The second-order valence-corrected chi connectivity index (χ2v) is 7.42. The molecule has 1 unspecified atom stereocenters. The van der Waals surface area contributed by atoms with Crippen molar-refractivity contribution in [2.45, 2.75) is 12.6 Å². The molecule has 0 aliphatic rings. The van der Waals surface area contributed by atoms with Crippen molar-refractivity contribution in [3.05, 3.63) is 87.9 Å². The maximum atomic E-state index is 12.7. The number of methoxy groups -OCH3 is 2. The molecule has 35 heavy (non-hydrogen) atoms. The summed E-state index contributed by atoms with van der Waals surface area (Å²) < 4.78 is 11.9. The van der Waals surface area contributed by atoms with Crippen LogP contribution in [0.5, 0.6) is 11.5 Å². The number of aromatic amines is 1. The van der Waals surface area contributed by atoms with Crippen LogP contribution in [0.25, 0.3) is 5.95 Å². The van der Waals surface area contributed by atoms with E-state index >= 15 is 0 Å². The summed E-state index contributed by atoms with van der Waals surface area (Å²) in [5.74, 6) is 1.15. The first-order chi connectivity index (χ1) is 16.9. The van der Waals surface area contributed by atoms with Crippen LogP contribution in [-0.2, 0) is 6.61 Å². The van der Waals surface area contributed by atoms with Crippen molar-refractivity contribution in [1.82, 2.24) is 24.7 Å². The fourth-order valence-corrected chi connectivity index (χ4v) is 3.58. The largest absolute Gasteiger partial charge is 0.493 e. The van der Waals surface area contributed by atoms with E-state index in [0.29, 0.717) is 33.9 Å². The Morgan fingerprint density at radius 3 is 2.51 bits per heavy atom. The zero-order valence-corrected chi connectivity index (χ0v) is 19.0. The third kappa shape index (κ3) is 4.82. The van der Waals surface area contributed by atoms with E-state index in [1.54, 1.807) is 42.5 Å². The number of aliphatic hydroxyl groups is 1. The summed E-state index contributed by atoms with van der Waals surface area (Å²) in [5.41, 5.74) is 7.41. The number of nitrogens with one attached hydrogen (secondary N) is 3. The van der Waals surface area contributed by atoms with Gasteiger partial charge in [0.25, 0.3) is 5.95 Å². The van der Waals surface area contributed by atoms with Crippen LogP contribution in [0.1, 0.15) is 28.6 Å². The summed E-state index contributed by atoms with van der Waals surface area (Å²) in [6, 6.07) is 11.3. The number of nitrogens with two attached hydrogens (primary N) is 1. The van der Waals surface area contributed by atoms with E-state index in [0.717, 1.165) is 4.68 Å². The Hall–Kier alpha value is -4.71. The molecule has 12 nitrogen and oxygen atoms in total. The number of ether oxygens (including phenoxy) is 2.